The van der Waals surface area contributed by atoms with Crippen molar-refractivity contribution in [3.05, 3.63) is 52.3 Å². The van der Waals surface area contributed by atoms with E-state index in [0.717, 1.165) is 40.2 Å². The highest BCUT2D eigenvalue weighted by molar-refractivity contribution is 5.42. The molecule has 0 amide bonds. The summed E-state index contributed by atoms with van der Waals surface area (Å²) < 4.78 is 5.26. The number of rotatable bonds is 5. The molecule has 3 N–H and O–H groups in total. The van der Waals surface area contributed by atoms with Crippen molar-refractivity contribution in [2.24, 2.45) is 5.84 Å². The fraction of sp³-hybridized carbons (Fsp3) is 0.375. The summed E-state index contributed by atoms with van der Waals surface area (Å²) in [7, 11) is 1.67. The van der Waals surface area contributed by atoms with E-state index < -0.39 is 0 Å². The van der Waals surface area contributed by atoms with Gasteiger partial charge in [-0.1, -0.05) is 13.0 Å². The smallest absolute Gasteiger partial charge is 0.119 e. The van der Waals surface area contributed by atoms with Crippen LogP contribution in [0, 0.1) is 13.8 Å². The lowest BCUT2D eigenvalue weighted by molar-refractivity contribution is 0.414. The first-order valence-electron chi connectivity index (χ1n) is 7.04. The quantitative estimate of drug-likeness (QED) is 0.651. The molecule has 1 atom stereocenters. The van der Waals surface area contributed by atoms with Gasteiger partial charge in [0.2, 0.25) is 0 Å². The summed E-state index contributed by atoms with van der Waals surface area (Å²) in [5, 5.41) is 8.42. The summed E-state index contributed by atoms with van der Waals surface area (Å²) in [6, 6.07) is 7.92. The first kappa shape index (κ1) is 15.4. The Labute approximate surface area is 125 Å². The second kappa shape index (κ2) is 6.65. The van der Waals surface area contributed by atoms with Crippen LogP contribution in [-0.4, -0.2) is 17.3 Å². The molecule has 0 fully saturated rings. The summed E-state index contributed by atoms with van der Waals surface area (Å²) in [6.45, 7) is 6.05. The number of benzene rings is 1. The van der Waals surface area contributed by atoms with Crippen LogP contribution in [-0.2, 0) is 6.42 Å². The molecule has 0 saturated carbocycles. The standard InChI is InChI=1S/C16H22N4O/c1-5-15-14(9-11(3)19-20-15)16(18-17)13-7-6-12(21-4)8-10(13)2/h6-9,16,18H,5,17H2,1-4H3. The summed E-state index contributed by atoms with van der Waals surface area (Å²) >= 11 is 0. The third-order valence-corrected chi connectivity index (χ3v) is 3.63. The van der Waals surface area contributed by atoms with Crippen molar-refractivity contribution < 1.29 is 4.74 Å². The fourth-order valence-corrected chi connectivity index (χ4v) is 2.51. The molecule has 112 valence electrons. The van der Waals surface area contributed by atoms with Gasteiger partial charge >= 0.3 is 0 Å². The van der Waals surface area contributed by atoms with Crippen molar-refractivity contribution in [1.29, 1.82) is 0 Å². The summed E-state index contributed by atoms with van der Waals surface area (Å²) in [5.41, 5.74) is 8.05. The molecule has 0 spiro atoms. The maximum Gasteiger partial charge on any atom is 0.119 e. The van der Waals surface area contributed by atoms with Gasteiger partial charge in [0.1, 0.15) is 5.75 Å². The molecule has 2 aromatic rings. The second-order valence-corrected chi connectivity index (χ2v) is 5.06. The molecule has 1 aromatic carbocycles. The second-order valence-electron chi connectivity index (χ2n) is 5.06. The van der Waals surface area contributed by atoms with E-state index in [2.05, 4.69) is 29.5 Å². The van der Waals surface area contributed by atoms with Crippen LogP contribution in [0.4, 0.5) is 0 Å². The van der Waals surface area contributed by atoms with Crippen LogP contribution in [0.3, 0.4) is 0 Å². The minimum absolute atomic E-state index is 0.111. The molecule has 5 nitrogen and oxygen atoms in total. The number of hydrogen-bond acceptors (Lipinski definition) is 5. The Hall–Kier alpha value is -1.98. The maximum atomic E-state index is 5.82. The monoisotopic (exact) mass is 286 g/mol. The average Bonchev–Trinajstić information content (AvgIpc) is 2.49. The molecule has 1 heterocycles. The van der Waals surface area contributed by atoms with Crippen LogP contribution in [0.15, 0.2) is 24.3 Å². The first-order chi connectivity index (χ1) is 10.1. The van der Waals surface area contributed by atoms with Crippen molar-refractivity contribution in [2.45, 2.75) is 33.2 Å². The van der Waals surface area contributed by atoms with Crippen molar-refractivity contribution in [3.63, 3.8) is 0 Å². The number of aromatic nitrogens is 2. The molecule has 0 radical (unpaired) electrons. The molecular weight excluding hydrogens is 264 g/mol. The average molecular weight is 286 g/mol. The highest BCUT2D eigenvalue weighted by atomic mass is 16.5. The lowest BCUT2D eigenvalue weighted by Crippen LogP contribution is -2.30. The number of hydrazine groups is 1. The molecule has 1 aromatic heterocycles. The predicted molar refractivity (Wildman–Crippen MR) is 83.0 cm³/mol. The van der Waals surface area contributed by atoms with Crippen molar-refractivity contribution in [1.82, 2.24) is 15.6 Å². The largest absolute Gasteiger partial charge is 0.497 e. The highest BCUT2D eigenvalue weighted by Crippen LogP contribution is 2.28. The van der Waals surface area contributed by atoms with Gasteiger partial charge in [-0.25, -0.2) is 5.43 Å². The molecule has 0 aliphatic heterocycles. The van der Waals surface area contributed by atoms with Crippen LogP contribution in [0.25, 0.3) is 0 Å². The van der Waals surface area contributed by atoms with Gasteiger partial charge in [0, 0.05) is 5.56 Å². The zero-order valence-electron chi connectivity index (χ0n) is 13.0. The van der Waals surface area contributed by atoms with E-state index >= 15 is 0 Å². The Morgan fingerprint density at radius 3 is 2.52 bits per heavy atom. The zero-order chi connectivity index (χ0) is 15.4. The third kappa shape index (κ3) is 3.20. The SMILES string of the molecule is CCc1nnc(C)cc1C(NN)c1ccc(OC)cc1C. The molecule has 0 aliphatic rings. The van der Waals surface area contributed by atoms with E-state index in [-0.39, 0.29) is 6.04 Å². The van der Waals surface area contributed by atoms with Crippen LogP contribution in [0.1, 0.15) is 41.0 Å². The van der Waals surface area contributed by atoms with Gasteiger partial charge in [-0.2, -0.15) is 10.2 Å². The van der Waals surface area contributed by atoms with Crippen LogP contribution < -0.4 is 16.0 Å². The van der Waals surface area contributed by atoms with Gasteiger partial charge in [0.25, 0.3) is 0 Å². The Kier molecular flexibility index (Phi) is 4.88. The van der Waals surface area contributed by atoms with Crippen LogP contribution in [0.5, 0.6) is 5.75 Å². The molecule has 0 saturated heterocycles. The Morgan fingerprint density at radius 1 is 1.19 bits per heavy atom. The van der Waals surface area contributed by atoms with E-state index in [9.17, 15) is 0 Å². The molecular formula is C16H22N4O. The first-order valence-corrected chi connectivity index (χ1v) is 7.04. The number of nitrogens with one attached hydrogen (secondary N) is 1. The number of aryl methyl sites for hydroxylation is 3. The van der Waals surface area contributed by atoms with Gasteiger partial charge in [-0.15, -0.1) is 0 Å². The van der Waals surface area contributed by atoms with Crippen LogP contribution in [0.2, 0.25) is 0 Å². The zero-order valence-corrected chi connectivity index (χ0v) is 13.0. The van der Waals surface area contributed by atoms with Gasteiger partial charge in [0.15, 0.2) is 0 Å². The molecule has 2 rings (SSSR count). The van der Waals surface area contributed by atoms with Gasteiger partial charge in [-0.3, -0.25) is 5.84 Å². The number of nitrogens with zero attached hydrogens (tertiary/aromatic N) is 2. The van der Waals surface area contributed by atoms with E-state index in [0.29, 0.717) is 0 Å². The lowest BCUT2D eigenvalue weighted by Gasteiger charge is -2.21. The lowest BCUT2D eigenvalue weighted by atomic mass is 9.93. The Morgan fingerprint density at radius 2 is 1.95 bits per heavy atom. The summed E-state index contributed by atoms with van der Waals surface area (Å²) in [6.07, 6.45) is 0.815. The van der Waals surface area contributed by atoms with Crippen molar-refractivity contribution >= 4 is 0 Å². The third-order valence-electron chi connectivity index (χ3n) is 3.63. The van der Waals surface area contributed by atoms with E-state index in [1.54, 1.807) is 7.11 Å². The van der Waals surface area contributed by atoms with E-state index in [1.165, 1.54) is 0 Å². The van der Waals surface area contributed by atoms with Gasteiger partial charge < -0.3 is 4.74 Å². The molecule has 1 unspecified atom stereocenters. The number of hydrogen-bond donors (Lipinski definition) is 2. The summed E-state index contributed by atoms with van der Waals surface area (Å²) in [4.78, 5) is 0. The normalized spacial score (nSPS) is 12.2. The summed E-state index contributed by atoms with van der Waals surface area (Å²) in [5.74, 6) is 6.66. The predicted octanol–water partition coefficient (Wildman–Crippen LogP) is 2.22. The molecule has 0 bridgehead atoms. The van der Waals surface area contributed by atoms with Gasteiger partial charge in [0.05, 0.1) is 24.5 Å². The minimum atomic E-state index is -0.111. The molecule has 5 heteroatoms. The van der Waals surface area contributed by atoms with E-state index in [1.807, 2.05) is 31.2 Å². The number of ether oxygens (including phenoxy) is 1. The van der Waals surface area contributed by atoms with Gasteiger partial charge in [-0.05, 0) is 49.6 Å². The minimum Gasteiger partial charge on any atom is -0.497 e. The topological polar surface area (TPSA) is 73.1 Å². The van der Waals surface area contributed by atoms with Crippen molar-refractivity contribution in [3.8, 4) is 5.75 Å². The number of methoxy groups -OCH3 is 1. The van der Waals surface area contributed by atoms with E-state index in [4.69, 9.17) is 10.6 Å². The Bertz CT molecular complexity index is 628. The fourth-order valence-electron chi connectivity index (χ4n) is 2.51. The van der Waals surface area contributed by atoms with Crippen LogP contribution >= 0.6 is 0 Å². The number of nitrogens with two attached hydrogens (primary N) is 1. The maximum absolute atomic E-state index is 5.82. The molecule has 21 heavy (non-hydrogen) atoms. The van der Waals surface area contributed by atoms with Crippen molar-refractivity contribution in [2.75, 3.05) is 7.11 Å². The highest BCUT2D eigenvalue weighted by Gasteiger charge is 2.19. The Balaban J connectivity index is 2.51. The molecule has 0 aliphatic carbocycles.